The summed E-state index contributed by atoms with van der Waals surface area (Å²) in [6.45, 7) is 2.62. The second-order valence-corrected chi connectivity index (χ2v) is 8.10. The number of primary amides is 1. The van der Waals surface area contributed by atoms with Crippen molar-refractivity contribution in [1.82, 2.24) is 15.5 Å². The van der Waals surface area contributed by atoms with Gasteiger partial charge in [-0.1, -0.05) is 13.0 Å². The number of nitrogens with two attached hydrogens (primary N) is 4. The molecule has 0 fully saturated rings. The molecule has 36 heavy (non-hydrogen) atoms. The summed E-state index contributed by atoms with van der Waals surface area (Å²) < 4.78 is 0. The quantitative estimate of drug-likeness (QED) is 0.0439. The lowest BCUT2D eigenvalue weighted by Crippen LogP contribution is -2.54. The molecular weight excluding hydrogens is 476 g/mol. The summed E-state index contributed by atoms with van der Waals surface area (Å²) in [6, 6.07) is -3.40. The largest absolute Gasteiger partial charge is 0.480 e. The van der Waals surface area contributed by atoms with Gasteiger partial charge in [0.05, 0.1) is 12.5 Å². The maximum absolute atomic E-state index is 12.8. The van der Waals surface area contributed by atoms with Gasteiger partial charge in [0.25, 0.3) is 5.91 Å². The van der Waals surface area contributed by atoms with Crippen LogP contribution in [0.15, 0.2) is 16.8 Å². The number of guanidine groups is 1. The average Bonchev–Trinajstić information content (AvgIpc) is 2.81. The van der Waals surface area contributed by atoms with Crippen LogP contribution in [-0.2, 0) is 24.0 Å². The number of carboxylic acid groups (broad SMARTS) is 1. The summed E-state index contributed by atoms with van der Waals surface area (Å²) in [5.41, 5.74) is 21.2. The van der Waals surface area contributed by atoms with Crippen molar-refractivity contribution >= 4 is 35.6 Å². The number of likely N-dealkylation sites (N-methyl/N-ethyl adjacent to an activating group) is 1. The van der Waals surface area contributed by atoms with Crippen molar-refractivity contribution in [2.24, 2.45) is 33.8 Å². The van der Waals surface area contributed by atoms with Crippen LogP contribution in [0.5, 0.6) is 0 Å². The first-order valence-corrected chi connectivity index (χ1v) is 11.2. The fourth-order valence-corrected chi connectivity index (χ4v) is 3.04. The molecule has 204 valence electrons. The van der Waals surface area contributed by atoms with Crippen LogP contribution in [0.25, 0.3) is 0 Å². The number of carbonyl (C=O) groups excluding carboxylic acids is 4. The van der Waals surface area contributed by atoms with Crippen LogP contribution in [0.1, 0.15) is 39.5 Å². The van der Waals surface area contributed by atoms with Crippen molar-refractivity contribution in [3.05, 3.63) is 11.8 Å². The van der Waals surface area contributed by atoms with Gasteiger partial charge in [-0.05, 0) is 26.2 Å². The van der Waals surface area contributed by atoms with E-state index < -0.39 is 53.6 Å². The summed E-state index contributed by atoms with van der Waals surface area (Å²) >= 11 is 0. The monoisotopic (exact) mass is 514 g/mol. The van der Waals surface area contributed by atoms with Gasteiger partial charge in [-0.3, -0.25) is 24.2 Å². The van der Waals surface area contributed by atoms with Crippen LogP contribution in [0.2, 0.25) is 0 Å². The van der Waals surface area contributed by atoms with E-state index in [1.807, 2.05) is 0 Å². The Kier molecular flexibility index (Phi) is 14.4. The molecule has 0 aromatic rings. The number of allylic oxidation sites excluding steroid dienone is 1. The van der Waals surface area contributed by atoms with E-state index in [0.29, 0.717) is 6.42 Å². The Bertz CT molecular complexity index is 857. The fourth-order valence-electron chi connectivity index (χ4n) is 3.04. The third kappa shape index (κ3) is 11.1. The number of hydrogen-bond acceptors (Lipinski definition) is 8. The highest BCUT2D eigenvalue weighted by Crippen LogP contribution is 2.11. The van der Waals surface area contributed by atoms with Crippen LogP contribution < -0.4 is 33.6 Å². The number of amides is 4. The van der Waals surface area contributed by atoms with E-state index in [0.717, 1.165) is 4.90 Å². The van der Waals surface area contributed by atoms with Gasteiger partial charge in [0.15, 0.2) is 5.96 Å². The molecule has 0 heterocycles. The molecule has 0 bridgehead atoms. The maximum Gasteiger partial charge on any atom is 0.327 e. The minimum atomic E-state index is -1.69. The summed E-state index contributed by atoms with van der Waals surface area (Å²) in [7, 11) is 1.33. The Balaban J connectivity index is 5.33. The Morgan fingerprint density at radius 2 is 1.69 bits per heavy atom. The first kappa shape index (κ1) is 32.3. The molecule has 0 aliphatic heterocycles. The van der Waals surface area contributed by atoms with Crippen molar-refractivity contribution in [1.29, 1.82) is 0 Å². The molecule has 15 nitrogen and oxygen atoms in total. The molecule has 0 aliphatic rings. The number of nitrogens with zero attached hydrogens (tertiary/aromatic N) is 2. The number of carboxylic acids is 1. The Labute approximate surface area is 209 Å². The summed E-state index contributed by atoms with van der Waals surface area (Å²) in [6.07, 6.45) is 1.85. The van der Waals surface area contributed by atoms with E-state index in [2.05, 4.69) is 15.6 Å². The third-order valence-corrected chi connectivity index (χ3v) is 5.28. The first-order valence-electron chi connectivity index (χ1n) is 11.2. The topological polar surface area (TPSA) is 270 Å². The fraction of sp³-hybridized carbons (Fsp3) is 0.619. The van der Waals surface area contributed by atoms with Gasteiger partial charge in [0.1, 0.15) is 17.8 Å². The minimum Gasteiger partial charge on any atom is -0.480 e. The van der Waals surface area contributed by atoms with Crippen LogP contribution in [-0.4, -0.2) is 89.0 Å². The number of aliphatic hydroxyl groups excluding tert-OH is 1. The lowest BCUT2D eigenvalue weighted by atomic mass is 9.99. The van der Waals surface area contributed by atoms with Gasteiger partial charge in [-0.25, -0.2) is 4.79 Å². The van der Waals surface area contributed by atoms with Crippen molar-refractivity contribution in [2.45, 2.75) is 57.7 Å². The van der Waals surface area contributed by atoms with E-state index in [-0.39, 0.29) is 44.1 Å². The predicted molar refractivity (Wildman–Crippen MR) is 131 cm³/mol. The molecule has 4 amide bonds. The van der Waals surface area contributed by atoms with Gasteiger partial charge < -0.3 is 48.7 Å². The molecule has 0 spiro atoms. The molecule has 0 aliphatic carbocycles. The molecule has 0 aromatic carbocycles. The molecule has 12 N–H and O–H groups in total. The number of hydrogen-bond donors (Lipinski definition) is 8. The lowest BCUT2D eigenvalue weighted by Gasteiger charge is -2.26. The Morgan fingerprint density at radius 3 is 2.17 bits per heavy atom. The highest BCUT2D eigenvalue weighted by molar-refractivity contribution is 6.00. The molecule has 0 saturated carbocycles. The summed E-state index contributed by atoms with van der Waals surface area (Å²) in [4.78, 5) is 66.2. The summed E-state index contributed by atoms with van der Waals surface area (Å²) in [5, 5.41) is 23.2. The highest BCUT2D eigenvalue weighted by Gasteiger charge is 2.34. The number of rotatable bonds is 16. The zero-order valence-corrected chi connectivity index (χ0v) is 20.8. The van der Waals surface area contributed by atoms with E-state index in [9.17, 15) is 29.1 Å². The molecule has 15 heteroatoms. The maximum atomic E-state index is 12.8. The number of aliphatic imine (C=N–C) groups is 1. The standard InChI is InChI=1S/C21H38N8O7/c1-4-14(29(3)15(31)8-7-12(22)10-30)19(34)28-16(20(35)36)11(2)18(33)27-13(17(23)32)6-5-9-26-21(24)25/h4,11-13,16,30H,5-10,22H2,1-3H3,(H2,23,32)(H,27,33)(H,28,34)(H,35,36)(H4,24,25,26)/b14-4-/t11-,12+,13-,16+/m0/s1. The van der Waals surface area contributed by atoms with Crippen molar-refractivity contribution in [3.63, 3.8) is 0 Å². The van der Waals surface area contributed by atoms with Crippen LogP contribution in [0, 0.1) is 5.92 Å². The number of aliphatic carboxylic acids is 1. The van der Waals surface area contributed by atoms with Crippen molar-refractivity contribution in [3.8, 4) is 0 Å². The number of carbonyl (C=O) groups is 5. The average molecular weight is 515 g/mol. The van der Waals surface area contributed by atoms with Crippen LogP contribution in [0.4, 0.5) is 0 Å². The van der Waals surface area contributed by atoms with E-state index >= 15 is 0 Å². The molecular formula is C21H38N8O7. The van der Waals surface area contributed by atoms with Crippen LogP contribution >= 0.6 is 0 Å². The lowest BCUT2D eigenvalue weighted by molar-refractivity contribution is -0.146. The molecule has 0 aromatic heterocycles. The second-order valence-electron chi connectivity index (χ2n) is 8.10. The number of nitrogens with one attached hydrogen (secondary N) is 2. The molecule has 0 unspecified atom stereocenters. The van der Waals surface area contributed by atoms with Crippen molar-refractivity contribution < 1.29 is 34.2 Å². The van der Waals surface area contributed by atoms with E-state index in [1.165, 1.54) is 27.0 Å². The normalized spacial score (nSPS) is 14.5. The highest BCUT2D eigenvalue weighted by atomic mass is 16.4. The van der Waals surface area contributed by atoms with Crippen LogP contribution in [0.3, 0.4) is 0 Å². The predicted octanol–water partition coefficient (Wildman–Crippen LogP) is -3.32. The third-order valence-electron chi connectivity index (χ3n) is 5.28. The SMILES string of the molecule is C/C=C(/C(=O)N[C@@H](C(=O)O)[C@H](C)C(=O)N[C@@H](CCCN=C(N)N)C(N)=O)N(C)C(=O)CC[C@@H](N)CO. The Hall–Kier alpha value is -3.72. The Morgan fingerprint density at radius 1 is 1.08 bits per heavy atom. The zero-order valence-electron chi connectivity index (χ0n) is 20.8. The van der Waals surface area contributed by atoms with E-state index in [4.69, 9.17) is 28.0 Å². The van der Waals surface area contributed by atoms with Gasteiger partial charge >= 0.3 is 5.97 Å². The first-order chi connectivity index (χ1) is 16.8. The number of aliphatic hydroxyl groups is 1. The van der Waals surface area contributed by atoms with Gasteiger partial charge in [-0.2, -0.15) is 0 Å². The van der Waals surface area contributed by atoms with Gasteiger partial charge in [-0.15, -0.1) is 0 Å². The molecule has 0 rings (SSSR count). The van der Waals surface area contributed by atoms with Crippen molar-refractivity contribution in [2.75, 3.05) is 20.2 Å². The smallest absolute Gasteiger partial charge is 0.327 e. The zero-order chi connectivity index (χ0) is 28.0. The molecule has 4 atom stereocenters. The van der Waals surface area contributed by atoms with Gasteiger partial charge in [0, 0.05) is 26.1 Å². The van der Waals surface area contributed by atoms with Gasteiger partial charge in [0.2, 0.25) is 17.7 Å². The minimum absolute atomic E-state index is 0.0539. The molecule has 0 radical (unpaired) electrons. The molecule has 0 saturated heterocycles. The summed E-state index contributed by atoms with van der Waals surface area (Å²) in [5.74, 6) is -6.02. The van der Waals surface area contributed by atoms with E-state index in [1.54, 1.807) is 0 Å². The second kappa shape index (κ2) is 16.0.